The van der Waals surface area contributed by atoms with Crippen molar-refractivity contribution in [2.45, 2.75) is 25.7 Å². The number of hydrogen-bond donors (Lipinski definition) is 2. The monoisotopic (exact) mass is 194 g/mol. The zero-order valence-corrected chi connectivity index (χ0v) is 8.51. The number of terminal acetylenes is 1. The van der Waals surface area contributed by atoms with E-state index in [2.05, 4.69) is 16.6 Å². The smallest absolute Gasteiger partial charge is 0.233 e. The highest BCUT2D eigenvalue weighted by molar-refractivity contribution is 5.77. The highest BCUT2D eigenvalue weighted by atomic mass is 16.1. The van der Waals surface area contributed by atoms with Crippen molar-refractivity contribution < 1.29 is 4.79 Å². The summed E-state index contributed by atoms with van der Waals surface area (Å²) in [5.41, 5.74) is 0. The van der Waals surface area contributed by atoms with Crippen molar-refractivity contribution >= 4 is 5.91 Å². The topological polar surface area (TPSA) is 41.1 Å². The van der Waals surface area contributed by atoms with Crippen LogP contribution in [0.3, 0.4) is 0 Å². The van der Waals surface area contributed by atoms with E-state index in [4.69, 9.17) is 6.42 Å². The molecule has 0 bridgehead atoms. The van der Waals surface area contributed by atoms with Crippen molar-refractivity contribution in [3.8, 4) is 12.3 Å². The van der Waals surface area contributed by atoms with Gasteiger partial charge in [0.15, 0.2) is 0 Å². The standard InChI is InChI=1S/C11H18N2O/c1-2-7-12-9-11(14)13-8-3-4-10-5-6-10/h1,10,12H,3-9H2,(H,13,14). The molecule has 0 unspecified atom stereocenters. The zero-order valence-electron chi connectivity index (χ0n) is 8.51. The summed E-state index contributed by atoms with van der Waals surface area (Å²) >= 11 is 0. The fourth-order valence-electron chi connectivity index (χ4n) is 1.34. The van der Waals surface area contributed by atoms with Crippen LogP contribution in [0.5, 0.6) is 0 Å². The molecule has 0 aromatic rings. The van der Waals surface area contributed by atoms with Crippen LogP contribution in [0.2, 0.25) is 0 Å². The fourth-order valence-corrected chi connectivity index (χ4v) is 1.34. The first-order valence-electron chi connectivity index (χ1n) is 5.24. The molecular formula is C11H18N2O. The third-order valence-electron chi connectivity index (χ3n) is 2.32. The second kappa shape index (κ2) is 6.44. The highest BCUT2D eigenvalue weighted by Crippen LogP contribution is 2.33. The Labute approximate surface area is 85.6 Å². The molecule has 0 atom stereocenters. The minimum atomic E-state index is 0.0380. The summed E-state index contributed by atoms with van der Waals surface area (Å²) in [5.74, 6) is 3.41. The van der Waals surface area contributed by atoms with Gasteiger partial charge in [-0.3, -0.25) is 10.1 Å². The Hall–Kier alpha value is -1.01. The zero-order chi connectivity index (χ0) is 10.2. The van der Waals surface area contributed by atoms with Crippen LogP contribution in [0.1, 0.15) is 25.7 Å². The van der Waals surface area contributed by atoms with Crippen LogP contribution in [0.25, 0.3) is 0 Å². The lowest BCUT2D eigenvalue weighted by Gasteiger charge is -2.04. The Balaban J connectivity index is 1.84. The molecule has 0 heterocycles. The van der Waals surface area contributed by atoms with Crippen LogP contribution in [0, 0.1) is 18.3 Å². The number of carbonyl (C=O) groups excluding carboxylic acids is 1. The summed E-state index contributed by atoms with van der Waals surface area (Å²) in [6.07, 6.45) is 10.2. The van der Waals surface area contributed by atoms with Gasteiger partial charge in [-0.1, -0.05) is 18.8 Å². The number of nitrogens with one attached hydrogen (secondary N) is 2. The van der Waals surface area contributed by atoms with E-state index in [1.807, 2.05) is 0 Å². The quantitative estimate of drug-likeness (QED) is 0.458. The summed E-state index contributed by atoms with van der Waals surface area (Å²) in [6, 6.07) is 0. The summed E-state index contributed by atoms with van der Waals surface area (Å²) in [5, 5.41) is 5.70. The van der Waals surface area contributed by atoms with Gasteiger partial charge >= 0.3 is 0 Å². The molecule has 0 aliphatic heterocycles. The van der Waals surface area contributed by atoms with E-state index in [0.29, 0.717) is 13.1 Å². The maximum atomic E-state index is 11.1. The van der Waals surface area contributed by atoms with Crippen LogP contribution >= 0.6 is 0 Å². The van der Waals surface area contributed by atoms with Gasteiger partial charge in [-0.05, 0) is 18.8 Å². The van der Waals surface area contributed by atoms with Crippen molar-refractivity contribution in [3.63, 3.8) is 0 Å². The number of amides is 1. The molecule has 0 radical (unpaired) electrons. The van der Waals surface area contributed by atoms with Crippen LogP contribution in [0.4, 0.5) is 0 Å². The molecule has 0 saturated heterocycles. The van der Waals surface area contributed by atoms with Crippen molar-refractivity contribution in [2.75, 3.05) is 19.6 Å². The molecule has 1 rings (SSSR count). The van der Waals surface area contributed by atoms with Crippen LogP contribution in [0.15, 0.2) is 0 Å². The van der Waals surface area contributed by atoms with Gasteiger partial charge in [0.05, 0.1) is 13.1 Å². The van der Waals surface area contributed by atoms with Gasteiger partial charge in [-0.2, -0.15) is 0 Å². The predicted molar refractivity (Wildman–Crippen MR) is 56.7 cm³/mol. The number of carbonyl (C=O) groups is 1. The molecule has 1 aliphatic rings. The molecule has 0 aromatic heterocycles. The van der Waals surface area contributed by atoms with Gasteiger partial charge in [-0.15, -0.1) is 6.42 Å². The van der Waals surface area contributed by atoms with E-state index in [1.165, 1.54) is 19.3 Å². The third kappa shape index (κ3) is 5.60. The van der Waals surface area contributed by atoms with Gasteiger partial charge in [0.25, 0.3) is 0 Å². The van der Waals surface area contributed by atoms with Gasteiger partial charge in [0.2, 0.25) is 5.91 Å². The molecule has 78 valence electrons. The van der Waals surface area contributed by atoms with Gasteiger partial charge in [0.1, 0.15) is 0 Å². The van der Waals surface area contributed by atoms with Gasteiger partial charge in [-0.25, -0.2) is 0 Å². The lowest BCUT2D eigenvalue weighted by molar-refractivity contribution is -0.120. The molecular weight excluding hydrogens is 176 g/mol. The number of rotatable bonds is 7. The highest BCUT2D eigenvalue weighted by Gasteiger charge is 2.19. The summed E-state index contributed by atoms with van der Waals surface area (Å²) in [7, 11) is 0. The molecule has 3 nitrogen and oxygen atoms in total. The predicted octanol–water partition coefficient (Wildman–Crippen LogP) is 0.516. The van der Waals surface area contributed by atoms with E-state index in [1.54, 1.807) is 0 Å². The molecule has 1 fully saturated rings. The van der Waals surface area contributed by atoms with Gasteiger partial charge < -0.3 is 5.32 Å². The van der Waals surface area contributed by atoms with Gasteiger partial charge in [0, 0.05) is 6.54 Å². The Morgan fingerprint density at radius 2 is 2.29 bits per heavy atom. The molecule has 2 N–H and O–H groups in total. The first kappa shape index (κ1) is 11.1. The maximum absolute atomic E-state index is 11.1. The first-order valence-corrected chi connectivity index (χ1v) is 5.24. The first-order chi connectivity index (χ1) is 6.83. The SMILES string of the molecule is C#CCNCC(=O)NCCCC1CC1. The minimum Gasteiger partial charge on any atom is -0.355 e. The van der Waals surface area contributed by atoms with E-state index < -0.39 is 0 Å². The Bertz CT molecular complexity index is 216. The summed E-state index contributed by atoms with van der Waals surface area (Å²) < 4.78 is 0. The van der Waals surface area contributed by atoms with Crippen molar-refractivity contribution in [1.29, 1.82) is 0 Å². The lowest BCUT2D eigenvalue weighted by Crippen LogP contribution is -2.34. The average Bonchev–Trinajstić information content (AvgIpc) is 2.97. The minimum absolute atomic E-state index is 0.0380. The van der Waals surface area contributed by atoms with E-state index in [0.717, 1.165) is 18.9 Å². The normalized spacial score (nSPS) is 14.8. The molecule has 3 heteroatoms. The van der Waals surface area contributed by atoms with E-state index in [-0.39, 0.29) is 5.91 Å². The van der Waals surface area contributed by atoms with Crippen molar-refractivity contribution in [2.24, 2.45) is 5.92 Å². The van der Waals surface area contributed by atoms with E-state index >= 15 is 0 Å². The fraction of sp³-hybridized carbons (Fsp3) is 0.727. The van der Waals surface area contributed by atoms with Crippen LogP contribution < -0.4 is 10.6 Å². The molecule has 1 aliphatic carbocycles. The molecule has 0 aromatic carbocycles. The van der Waals surface area contributed by atoms with Crippen LogP contribution in [-0.4, -0.2) is 25.5 Å². The molecule has 1 amide bonds. The molecule has 14 heavy (non-hydrogen) atoms. The Morgan fingerprint density at radius 3 is 2.93 bits per heavy atom. The second-order valence-electron chi connectivity index (χ2n) is 3.74. The summed E-state index contributed by atoms with van der Waals surface area (Å²) in [4.78, 5) is 11.1. The van der Waals surface area contributed by atoms with Crippen molar-refractivity contribution in [1.82, 2.24) is 10.6 Å². The maximum Gasteiger partial charge on any atom is 0.233 e. The summed E-state index contributed by atoms with van der Waals surface area (Å²) in [6.45, 7) is 1.58. The average molecular weight is 194 g/mol. The Morgan fingerprint density at radius 1 is 1.50 bits per heavy atom. The Kier molecular flexibility index (Phi) is 5.09. The lowest BCUT2D eigenvalue weighted by atomic mass is 10.2. The largest absolute Gasteiger partial charge is 0.355 e. The molecule has 1 saturated carbocycles. The van der Waals surface area contributed by atoms with Crippen LogP contribution in [-0.2, 0) is 4.79 Å². The van der Waals surface area contributed by atoms with E-state index in [9.17, 15) is 4.79 Å². The molecule has 0 spiro atoms. The van der Waals surface area contributed by atoms with Crippen molar-refractivity contribution in [3.05, 3.63) is 0 Å². The third-order valence-corrected chi connectivity index (χ3v) is 2.32. The number of hydrogen-bond acceptors (Lipinski definition) is 2. The second-order valence-corrected chi connectivity index (χ2v) is 3.74.